The zero-order chi connectivity index (χ0) is 19.1. The number of aliphatic hydroxyl groups is 1. The molecule has 1 fully saturated rings. The molecule has 1 saturated heterocycles. The number of nitrogens with one attached hydrogen (secondary N) is 1. The summed E-state index contributed by atoms with van der Waals surface area (Å²) in [5.41, 5.74) is 3.22. The molecule has 3 rings (SSSR count). The molecule has 1 amide bonds. The summed E-state index contributed by atoms with van der Waals surface area (Å²) in [6.07, 6.45) is -0.546. The second-order valence-electron chi connectivity index (χ2n) is 6.58. The summed E-state index contributed by atoms with van der Waals surface area (Å²) in [5, 5.41) is 13.0. The monoisotopic (exact) mass is 372 g/mol. The highest BCUT2D eigenvalue weighted by atomic mass is 19.1. The molecule has 0 radical (unpaired) electrons. The molecule has 1 heterocycles. The highest BCUT2D eigenvalue weighted by molar-refractivity contribution is 5.95. The van der Waals surface area contributed by atoms with Gasteiger partial charge in [0.15, 0.2) is 0 Å². The number of alkyl halides is 1. The van der Waals surface area contributed by atoms with Gasteiger partial charge in [0.1, 0.15) is 6.67 Å². The summed E-state index contributed by atoms with van der Waals surface area (Å²) in [5.74, 6) is -0.285. The Hall–Kier alpha value is -2.28. The van der Waals surface area contributed by atoms with Gasteiger partial charge in [0.2, 0.25) is 0 Å². The first-order chi connectivity index (χ1) is 13.2. The molecule has 0 spiro atoms. The first-order valence-electron chi connectivity index (χ1n) is 9.20. The Bertz CT molecular complexity index is 745. The van der Waals surface area contributed by atoms with Gasteiger partial charge in [-0.3, -0.25) is 9.69 Å². The average Bonchev–Trinajstić information content (AvgIpc) is 2.73. The molecule has 1 atom stereocenters. The van der Waals surface area contributed by atoms with E-state index in [9.17, 15) is 14.3 Å². The standard InChI is InChI=1S/C21H25FN2O3/c22-8-9-23-21(26)19-3-1-2-18(14-19)16-4-6-17(7-5-16)20(25)15-24-10-12-27-13-11-24/h1-7,14,20,25H,8-13,15H2,(H,23,26). The summed E-state index contributed by atoms with van der Waals surface area (Å²) in [7, 11) is 0. The van der Waals surface area contributed by atoms with Crippen molar-refractivity contribution in [3.8, 4) is 11.1 Å². The zero-order valence-electron chi connectivity index (χ0n) is 15.2. The van der Waals surface area contributed by atoms with E-state index in [1.165, 1.54) is 0 Å². The molecule has 1 aliphatic heterocycles. The van der Waals surface area contributed by atoms with E-state index in [0.717, 1.165) is 29.8 Å². The minimum atomic E-state index is -0.584. The van der Waals surface area contributed by atoms with E-state index in [2.05, 4.69) is 10.2 Å². The summed E-state index contributed by atoms with van der Waals surface area (Å²) < 4.78 is 17.5. The largest absolute Gasteiger partial charge is 0.387 e. The summed E-state index contributed by atoms with van der Waals surface area (Å²) in [6, 6.07) is 14.9. The Morgan fingerprint density at radius 3 is 2.59 bits per heavy atom. The summed E-state index contributed by atoms with van der Waals surface area (Å²) in [4.78, 5) is 14.2. The number of halogens is 1. The lowest BCUT2D eigenvalue weighted by Crippen LogP contribution is -2.38. The van der Waals surface area contributed by atoms with Crippen LogP contribution in [-0.2, 0) is 4.74 Å². The predicted octanol–water partition coefficient (Wildman–Crippen LogP) is 2.42. The smallest absolute Gasteiger partial charge is 0.251 e. The van der Waals surface area contributed by atoms with E-state index in [1.807, 2.05) is 30.3 Å². The Labute approximate surface area is 158 Å². The maximum atomic E-state index is 12.2. The molecule has 1 aliphatic rings. The number of carbonyl (C=O) groups is 1. The minimum Gasteiger partial charge on any atom is -0.387 e. The fourth-order valence-electron chi connectivity index (χ4n) is 3.13. The Morgan fingerprint density at radius 2 is 1.89 bits per heavy atom. The van der Waals surface area contributed by atoms with Gasteiger partial charge < -0.3 is 15.2 Å². The van der Waals surface area contributed by atoms with Crippen LogP contribution in [0.3, 0.4) is 0 Å². The van der Waals surface area contributed by atoms with Crippen molar-refractivity contribution in [2.75, 3.05) is 46.1 Å². The number of amides is 1. The normalized spacial score (nSPS) is 16.1. The average molecular weight is 372 g/mol. The Balaban J connectivity index is 1.66. The van der Waals surface area contributed by atoms with Gasteiger partial charge in [-0.15, -0.1) is 0 Å². The van der Waals surface area contributed by atoms with Gasteiger partial charge in [-0.25, -0.2) is 4.39 Å². The molecule has 6 heteroatoms. The molecule has 1 unspecified atom stereocenters. The maximum Gasteiger partial charge on any atom is 0.251 e. The number of β-amino-alcohol motifs (C(OH)–C–C–N with tert-alkyl or cyclic N) is 1. The lowest BCUT2D eigenvalue weighted by molar-refractivity contribution is 0.0143. The van der Waals surface area contributed by atoms with Crippen LogP contribution < -0.4 is 5.32 Å². The van der Waals surface area contributed by atoms with Gasteiger partial charge >= 0.3 is 0 Å². The van der Waals surface area contributed by atoms with Gasteiger partial charge in [-0.2, -0.15) is 0 Å². The second-order valence-corrected chi connectivity index (χ2v) is 6.58. The van der Waals surface area contributed by atoms with Crippen LogP contribution >= 0.6 is 0 Å². The van der Waals surface area contributed by atoms with E-state index in [4.69, 9.17) is 4.74 Å². The predicted molar refractivity (Wildman–Crippen MR) is 102 cm³/mol. The Kier molecular flexibility index (Phi) is 6.92. The number of nitrogens with zero attached hydrogens (tertiary/aromatic N) is 1. The molecule has 0 aliphatic carbocycles. The number of carbonyl (C=O) groups excluding carboxylic acids is 1. The molecule has 144 valence electrons. The van der Waals surface area contributed by atoms with Crippen LogP contribution in [0.5, 0.6) is 0 Å². The summed E-state index contributed by atoms with van der Waals surface area (Å²) >= 11 is 0. The highest BCUT2D eigenvalue weighted by Gasteiger charge is 2.16. The van der Waals surface area contributed by atoms with Crippen molar-refractivity contribution in [3.05, 3.63) is 59.7 Å². The molecule has 27 heavy (non-hydrogen) atoms. The van der Waals surface area contributed by atoms with Crippen LogP contribution in [0.25, 0.3) is 11.1 Å². The Morgan fingerprint density at radius 1 is 1.15 bits per heavy atom. The van der Waals surface area contributed by atoms with E-state index in [-0.39, 0.29) is 12.5 Å². The number of hydrogen-bond acceptors (Lipinski definition) is 4. The van der Waals surface area contributed by atoms with Crippen LogP contribution in [-0.4, -0.2) is 62.0 Å². The third-order valence-electron chi connectivity index (χ3n) is 4.67. The van der Waals surface area contributed by atoms with Gasteiger partial charge in [-0.1, -0.05) is 36.4 Å². The lowest BCUT2D eigenvalue weighted by atomic mass is 10.00. The molecule has 0 aromatic heterocycles. The third kappa shape index (κ3) is 5.35. The van der Waals surface area contributed by atoms with E-state index >= 15 is 0 Å². The maximum absolute atomic E-state index is 12.2. The quantitative estimate of drug-likeness (QED) is 0.784. The van der Waals surface area contributed by atoms with Crippen LogP contribution in [0.15, 0.2) is 48.5 Å². The van der Waals surface area contributed by atoms with E-state index in [0.29, 0.717) is 25.3 Å². The number of hydrogen-bond donors (Lipinski definition) is 2. The molecular weight excluding hydrogens is 347 g/mol. The number of rotatable bonds is 7. The SMILES string of the molecule is O=C(NCCF)c1cccc(-c2ccc(C(O)CN3CCOCC3)cc2)c1. The van der Waals surface area contributed by atoms with Gasteiger partial charge in [0.25, 0.3) is 5.91 Å². The summed E-state index contributed by atoms with van der Waals surface area (Å²) in [6.45, 7) is 3.12. The molecule has 0 saturated carbocycles. The number of morpholine rings is 1. The zero-order valence-corrected chi connectivity index (χ0v) is 15.2. The van der Waals surface area contributed by atoms with Gasteiger partial charge in [0, 0.05) is 31.7 Å². The van der Waals surface area contributed by atoms with Crippen molar-refractivity contribution in [2.45, 2.75) is 6.10 Å². The van der Waals surface area contributed by atoms with Crippen LogP contribution in [0.2, 0.25) is 0 Å². The molecular formula is C21H25FN2O3. The minimum absolute atomic E-state index is 0.0127. The van der Waals surface area contributed by atoms with Crippen molar-refractivity contribution in [1.29, 1.82) is 0 Å². The van der Waals surface area contributed by atoms with Crippen molar-refractivity contribution < 1.29 is 19.0 Å². The number of aliphatic hydroxyl groups excluding tert-OH is 1. The molecule has 2 aromatic rings. The molecule has 5 nitrogen and oxygen atoms in total. The van der Waals surface area contributed by atoms with E-state index in [1.54, 1.807) is 18.2 Å². The van der Waals surface area contributed by atoms with Crippen molar-refractivity contribution in [2.24, 2.45) is 0 Å². The second kappa shape index (κ2) is 9.60. The molecule has 2 aromatic carbocycles. The van der Waals surface area contributed by atoms with Crippen molar-refractivity contribution in [3.63, 3.8) is 0 Å². The molecule has 2 N–H and O–H groups in total. The molecule has 0 bridgehead atoms. The van der Waals surface area contributed by atoms with E-state index < -0.39 is 12.8 Å². The van der Waals surface area contributed by atoms with Crippen molar-refractivity contribution in [1.82, 2.24) is 10.2 Å². The first-order valence-corrected chi connectivity index (χ1v) is 9.20. The fourth-order valence-corrected chi connectivity index (χ4v) is 3.13. The van der Waals surface area contributed by atoms with Crippen molar-refractivity contribution >= 4 is 5.91 Å². The third-order valence-corrected chi connectivity index (χ3v) is 4.67. The van der Waals surface area contributed by atoms with Crippen LogP contribution in [0.1, 0.15) is 22.0 Å². The fraction of sp³-hybridized carbons (Fsp3) is 0.381. The topological polar surface area (TPSA) is 61.8 Å². The van der Waals surface area contributed by atoms with Gasteiger partial charge in [-0.05, 0) is 28.8 Å². The lowest BCUT2D eigenvalue weighted by Gasteiger charge is -2.28. The van der Waals surface area contributed by atoms with Gasteiger partial charge in [0.05, 0.1) is 19.3 Å². The number of ether oxygens (including phenoxy) is 1. The van der Waals surface area contributed by atoms with Crippen LogP contribution in [0, 0.1) is 0 Å². The first kappa shape index (κ1) is 19.5. The van der Waals surface area contributed by atoms with Crippen LogP contribution in [0.4, 0.5) is 4.39 Å². The number of benzene rings is 2. The highest BCUT2D eigenvalue weighted by Crippen LogP contribution is 2.23.